The predicted molar refractivity (Wildman–Crippen MR) is 74.6 cm³/mol. The lowest BCUT2D eigenvalue weighted by atomic mass is 10.2. The second-order valence-electron chi connectivity index (χ2n) is 3.94. The second kappa shape index (κ2) is 6.22. The lowest BCUT2D eigenvalue weighted by Crippen LogP contribution is -2.23. The number of nitrogens with two attached hydrogens (primary N) is 1. The standard InChI is InChI=1S/C14H13ClN2O2/c15-12-8-11(6-7-13(12)16)14(18)17-19-9-10-4-2-1-3-5-10/h1-8H,9,16H2,(H,17,18). The van der Waals surface area contributed by atoms with Crippen LogP contribution in [0.1, 0.15) is 15.9 Å². The Bertz CT molecular complexity index is 573. The van der Waals surface area contributed by atoms with Gasteiger partial charge in [0.1, 0.15) is 0 Å². The van der Waals surface area contributed by atoms with Crippen molar-refractivity contribution >= 4 is 23.2 Å². The van der Waals surface area contributed by atoms with Crippen LogP contribution in [-0.4, -0.2) is 5.91 Å². The molecular formula is C14H13ClN2O2. The predicted octanol–water partition coefficient (Wildman–Crippen LogP) is 2.78. The van der Waals surface area contributed by atoms with E-state index in [4.69, 9.17) is 22.2 Å². The van der Waals surface area contributed by atoms with Gasteiger partial charge in [-0.1, -0.05) is 41.9 Å². The number of hydrogen-bond acceptors (Lipinski definition) is 3. The number of carbonyl (C=O) groups is 1. The molecule has 0 atom stereocenters. The fraction of sp³-hybridized carbons (Fsp3) is 0.0714. The molecule has 0 saturated carbocycles. The molecule has 4 nitrogen and oxygen atoms in total. The van der Waals surface area contributed by atoms with E-state index in [0.717, 1.165) is 5.56 Å². The maximum atomic E-state index is 11.8. The number of nitrogen functional groups attached to an aromatic ring is 1. The minimum absolute atomic E-state index is 0.301. The Balaban J connectivity index is 1.89. The van der Waals surface area contributed by atoms with Gasteiger partial charge in [-0.2, -0.15) is 0 Å². The Hall–Kier alpha value is -2.04. The molecular weight excluding hydrogens is 264 g/mol. The second-order valence-corrected chi connectivity index (χ2v) is 4.35. The van der Waals surface area contributed by atoms with E-state index in [0.29, 0.717) is 22.9 Å². The zero-order chi connectivity index (χ0) is 13.7. The molecule has 1 amide bonds. The zero-order valence-corrected chi connectivity index (χ0v) is 10.9. The lowest BCUT2D eigenvalue weighted by Gasteiger charge is -2.07. The summed E-state index contributed by atoms with van der Waals surface area (Å²) < 4.78 is 0. The van der Waals surface area contributed by atoms with Crippen molar-refractivity contribution in [3.63, 3.8) is 0 Å². The smallest absolute Gasteiger partial charge is 0.274 e. The number of hydrogen-bond donors (Lipinski definition) is 2. The number of benzene rings is 2. The molecule has 2 aromatic carbocycles. The Kier molecular flexibility index (Phi) is 4.39. The highest BCUT2D eigenvalue weighted by molar-refractivity contribution is 6.33. The fourth-order valence-corrected chi connectivity index (χ4v) is 1.67. The number of carbonyl (C=O) groups excluding carboxylic acids is 1. The largest absolute Gasteiger partial charge is 0.398 e. The van der Waals surface area contributed by atoms with Gasteiger partial charge in [0, 0.05) is 5.56 Å². The lowest BCUT2D eigenvalue weighted by molar-refractivity contribution is 0.0233. The highest BCUT2D eigenvalue weighted by Gasteiger charge is 2.07. The molecule has 0 aromatic heterocycles. The van der Waals surface area contributed by atoms with Crippen LogP contribution in [0.2, 0.25) is 5.02 Å². The van der Waals surface area contributed by atoms with E-state index in [1.165, 1.54) is 6.07 Å². The van der Waals surface area contributed by atoms with Gasteiger partial charge in [-0.15, -0.1) is 0 Å². The minimum Gasteiger partial charge on any atom is -0.398 e. The summed E-state index contributed by atoms with van der Waals surface area (Å²) in [5.41, 5.74) is 9.73. The van der Waals surface area contributed by atoms with Crippen molar-refractivity contribution in [3.8, 4) is 0 Å². The highest BCUT2D eigenvalue weighted by Crippen LogP contribution is 2.19. The molecule has 0 radical (unpaired) electrons. The van der Waals surface area contributed by atoms with Crippen LogP contribution < -0.4 is 11.2 Å². The van der Waals surface area contributed by atoms with Crippen molar-refractivity contribution < 1.29 is 9.63 Å². The number of amides is 1. The van der Waals surface area contributed by atoms with Gasteiger partial charge in [-0.05, 0) is 23.8 Å². The number of rotatable bonds is 4. The van der Waals surface area contributed by atoms with Crippen LogP contribution in [0.15, 0.2) is 48.5 Å². The van der Waals surface area contributed by atoms with Gasteiger partial charge in [-0.3, -0.25) is 9.63 Å². The Labute approximate surface area is 116 Å². The summed E-state index contributed by atoms with van der Waals surface area (Å²) >= 11 is 5.84. The molecule has 2 aromatic rings. The van der Waals surface area contributed by atoms with E-state index < -0.39 is 0 Å². The fourth-order valence-electron chi connectivity index (χ4n) is 1.49. The van der Waals surface area contributed by atoms with Crippen molar-refractivity contribution in [2.45, 2.75) is 6.61 Å². The Morgan fingerprint density at radius 3 is 2.63 bits per heavy atom. The number of halogens is 1. The minimum atomic E-state index is -0.363. The first-order chi connectivity index (χ1) is 9.16. The van der Waals surface area contributed by atoms with Gasteiger partial charge in [0.25, 0.3) is 5.91 Å². The summed E-state index contributed by atoms with van der Waals surface area (Å²) in [6.07, 6.45) is 0. The van der Waals surface area contributed by atoms with Crippen molar-refractivity contribution in [2.75, 3.05) is 5.73 Å². The molecule has 3 N–H and O–H groups in total. The van der Waals surface area contributed by atoms with E-state index in [1.54, 1.807) is 12.1 Å². The number of nitrogens with one attached hydrogen (secondary N) is 1. The monoisotopic (exact) mass is 276 g/mol. The summed E-state index contributed by atoms with van der Waals surface area (Å²) in [6.45, 7) is 0.301. The van der Waals surface area contributed by atoms with Gasteiger partial charge in [-0.25, -0.2) is 5.48 Å². The first-order valence-electron chi connectivity index (χ1n) is 5.68. The van der Waals surface area contributed by atoms with Crippen molar-refractivity contribution in [3.05, 3.63) is 64.7 Å². The summed E-state index contributed by atoms with van der Waals surface area (Å²) in [5, 5.41) is 0.343. The van der Waals surface area contributed by atoms with E-state index >= 15 is 0 Å². The maximum absolute atomic E-state index is 11.8. The average molecular weight is 277 g/mol. The van der Waals surface area contributed by atoms with Crippen molar-refractivity contribution in [1.29, 1.82) is 0 Å². The van der Waals surface area contributed by atoms with Crippen LogP contribution in [0.3, 0.4) is 0 Å². The molecule has 0 fully saturated rings. The van der Waals surface area contributed by atoms with E-state index in [1.807, 2.05) is 30.3 Å². The summed E-state index contributed by atoms with van der Waals surface area (Å²) in [7, 11) is 0. The summed E-state index contributed by atoms with van der Waals surface area (Å²) in [4.78, 5) is 16.9. The third-order valence-electron chi connectivity index (χ3n) is 2.51. The van der Waals surface area contributed by atoms with Crippen molar-refractivity contribution in [2.24, 2.45) is 0 Å². The molecule has 0 aliphatic carbocycles. The Morgan fingerprint density at radius 2 is 1.95 bits per heavy atom. The third-order valence-corrected chi connectivity index (χ3v) is 2.84. The van der Waals surface area contributed by atoms with E-state index in [9.17, 15) is 4.79 Å². The molecule has 0 saturated heterocycles. The van der Waals surface area contributed by atoms with Gasteiger partial charge < -0.3 is 5.73 Å². The van der Waals surface area contributed by atoms with Gasteiger partial charge >= 0.3 is 0 Å². The number of anilines is 1. The van der Waals surface area contributed by atoms with Gasteiger partial charge in [0.05, 0.1) is 17.3 Å². The maximum Gasteiger partial charge on any atom is 0.274 e. The molecule has 0 aliphatic rings. The molecule has 19 heavy (non-hydrogen) atoms. The molecule has 0 aliphatic heterocycles. The first kappa shape index (κ1) is 13.4. The third kappa shape index (κ3) is 3.71. The van der Waals surface area contributed by atoms with Crippen LogP contribution in [0.25, 0.3) is 0 Å². The molecule has 98 valence electrons. The van der Waals surface area contributed by atoms with Crippen LogP contribution in [0.4, 0.5) is 5.69 Å². The molecule has 0 unspecified atom stereocenters. The molecule has 0 spiro atoms. The van der Waals surface area contributed by atoms with E-state index in [-0.39, 0.29) is 5.91 Å². The van der Waals surface area contributed by atoms with Crippen LogP contribution in [0.5, 0.6) is 0 Å². The van der Waals surface area contributed by atoms with Crippen molar-refractivity contribution in [1.82, 2.24) is 5.48 Å². The highest BCUT2D eigenvalue weighted by atomic mass is 35.5. The zero-order valence-electron chi connectivity index (χ0n) is 10.1. The SMILES string of the molecule is Nc1ccc(C(=O)NOCc2ccccc2)cc1Cl. The summed E-state index contributed by atoms with van der Waals surface area (Å²) in [5.74, 6) is -0.363. The van der Waals surface area contributed by atoms with Crippen LogP contribution in [0, 0.1) is 0 Å². The van der Waals surface area contributed by atoms with E-state index in [2.05, 4.69) is 5.48 Å². The average Bonchev–Trinajstić information content (AvgIpc) is 2.43. The molecule has 5 heteroatoms. The first-order valence-corrected chi connectivity index (χ1v) is 6.05. The topological polar surface area (TPSA) is 64.4 Å². The molecule has 2 rings (SSSR count). The van der Waals surface area contributed by atoms with Gasteiger partial charge in [0.2, 0.25) is 0 Å². The molecule has 0 heterocycles. The van der Waals surface area contributed by atoms with Gasteiger partial charge in [0.15, 0.2) is 0 Å². The Morgan fingerprint density at radius 1 is 1.21 bits per heavy atom. The molecule has 0 bridgehead atoms. The quantitative estimate of drug-likeness (QED) is 0.667. The number of hydroxylamine groups is 1. The van der Waals surface area contributed by atoms with Crippen LogP contribution >= 0.6 is 11.6 Å². The normalized spacial score (nSPS) is 10.2. The van der Waals surface area contributed by atoms with Crippen LogP contribution in [-0.2, 0) is 11.4 Å². The summed E-state index contributed by atoms with van der Waals surface area (Å²) in [6, 6.07) is 14.2.